The van der Waals surface area contributed by atoms with E-state index in [-0.39, 0.29) is 23.8 Å². The molecule has 1 saturated heterocycles. The van der Waals surface area contributed by atoms with Gasteiger partial charge in [0.2, 0.25) is 0 Å². The van der Waals surface area contributed by atoms with E-state index in [0.717, 1.165) is 28.9 Å². The van der Waals surface area contributed by atoms with E-state index in [1.165, 1.54) is 5.56 Å². The minimum absolute atomic E-state index is 0.0672. The van der Waals surface area contributed by atoms with E-state index in [0.29, 0.717) is 32.4 Å². The van der Waals surface area contributed by atoms with Gasteiger partial charge in [0.15, 0.2) is 0 Å². The van der Waals surface area contributed by atoms with E-state index in [4.69, 9.17) is 4.74 Å². The fraction of sp³-hybridized carbons (Fsp3) is 0.355. The summed E-state index contributed by atoms with van der Waals surface area (Å²) in [5.41, 5.74) is 3.88. The van der Waals surface area contributed by atoms with E-state index in [2.05, 4.69) is 35.0 Å². The van der Waals surface area contributed by atoms with Crippen LogP contribution in [0.2, 0.25) is 0 Å². The van der Waals surface area contributed by atoms with Gasteiger partial charge < -0.3 is 19.7 Å². The lowest BCUT2D eigenvalue weighted by Gasteiger charge is -2.41. The van der Waals surface area contributed by atoms with Crippen molar-refractivity contribution in [2.45, 2.75) is 57.4 Å². The molecule has 0 aliphatic carbocycles. The SMILES string of the molecule is COc1cccc(CN(Cc2ccccc2)C(C)CC2CC(n3c(=O)[nH]c4ccccc43)CCN2C(=O)O)c1. The van der Waals surface area contributed by atoms with E-state index in [1.54, 1.807) is 12.0 Å². The molecule has 0 spiro atoms. The van der Waals surface area contributed by atoms with Crippen molar-refractivity contribution in [3.63, 3.8) is 0 Å². The van der Waals surface area contributed by atoms with Crippen LogP contribution in [0.1, 0.15) is 43.4 Å². The van der Waals surface area contributed by atoms with Crippen LogP contribution in [0.5, 0.6) is 5.75 Å². The number of likely N-dealkylation sites (tertiary alicyclic amines) is 1. The van der Waals surface area contributed by atoms with E-state index in [1.807, 2.05) is 65.2 Å². The van der Waals surface area contributed by atoms with Crippen molar-refractivity contribution in [1.29, 1.82) is 0 Å². The van der Waals surface area contributed by atoms with Crippen LogP contribution < -0.4 is 10.4 Å². The quantitative estimate of drug-likeness (QED) is 0.299. The largest absolute Gasteiger partial charge is 0.497 e. The van der Waals surface area contributed by atoms with Gasteiger partial charge in [0.25, 0.3) is 0 Å². The summed E-state index contributed by atoms with van der Waals surface area (Å²) in [4.78, 5) is 32.1. The summed E-state index contributed by atoms with van der Waals surface area (Å²) in [6.45, 7) is 4.02. The second-order valence-electron chi connectivity index (χ2n) is 10.5. The zero-order valence-electron chi connectivity index (χ0n) is 22.5. The summed E-state index contributed by atoms with van der Waals surface area (Å²) in [6, 6.07) is 25.9. The first-order valence-electron chi connectivity index (χ1n) is 13.5. The summed E-state index contributed by atoms with van der Waals surface area (Å²) in [5.74, 6) is 0.816. The number of methoxy groups -OCH3 is 1. The normalized spacial score (nSPS) is 18.4. The average Bonchev–Trinajstić information content (AvgIpc) is 3.28. The number of benzene rings is 3. The van der Waals surface area contributed by atoms with Gasteiger partial charge in [0.05, 0.1) is 18.1 Å². The minimum Gasteiger partial charge on any atom is -0.497 e. The Morgan fingerprint density at radius 2 is 1.77 bits per heavy atom. The molecular weight excluding hydrogens is 492 g/mol. The number of piperidine rings is 1. The molecule has 3 aromatic carbocycles. The van der Waals surface area contributed by atoms with Crippen LogP contribution in [0.25, 0.3) is 11.0 Å². The van der Waals surface area contributed by atoms with Gasteiger partial charge in [0.1, 0.15) is 5.75 Å². The molecule has 0 bridgehead atoms. The summed E-state index contributed by atoms with van der Waals surface area (Å²) < 4.78 is 7.27. The zero-order chi connectivity index (χ0) is 27.4. The smallest absolute Gasteiger partial charge is 0.407 e. The number of fused-ring (bicyclic) bond motifs is 1. The minimum atomic E-state index is -0.903. The molecule has 4 aromatic rings. The lowest BCUT2D eigenvalue weighted by atomic mass is 9.92. The Labute approximate surface area is 228 Å². The number of aromatic amines is 1. The number of nitrogens with one attached hydrogen (secondary N) is 1. The molecule has 1 aliphatic heterocycles. The molecule has 3 atom stereocenters. The predicted octanol–water partition coefficient (Wildman–Crippen LogP) is 5.50. The van der Waals surface area contributed by atoms with Crippen molar-refractivity contribution < 1.29 is 14.6 Å². The van der Waals surface area contributed by atoms with Crippen molar-refractivity contribution >= 4 is 17.1 Å². The highest BCUT2D eigenvalue weighted by Crippen LogP contribution is 2.32. The third-order valence-corrected chi connectivity index (χ3v) is 7.91. The van der Waals surface area contributed by atoms with Crippen molar-refractivity contribution in [2.24, 2.45) is 0 Å². The fourth-order valence-electron chi connectivity index (χ4n) is 5.91. The molecule has 39 heavy (non-hydrogen) atoms. The van der Waals surface area contributed by atoms with Crippen LogP contribution in [-0.2, 0) is 13.1 Å². The Balaban J connectivity index is 1.40. The molecule has 1 aromatic heterocycles. The molecule has 5 rings (SSSR count). The van der Waals surface area contributed by atoms with Crippen LogP contribution in [0.3, 0.4) is 0 Å². The van der Waals surface area contributed by atoms with E-state index in [9.17, 15) is 14.7 Å². The number of ether oxygens (including phenoxy) is 1. The highest BCUT2D eigenvalue weighted by molar-refractivity contribution is 5.75. The molecule has 1 aliphatic rings. The maximum absolute atomic E-state index is 12.9. The second kappa shape index (κ2) is 11.8. The van der Waals surface area contributed by atoms with Crippen LogP contribution >= 0.6 is 0 Å². The number of aromatic nitrogens is 2. The third kappa shape index (κ3) is 6.01. The van der Waals surface area contributed by atoms with Crippen molar-refractivity contribution in [3.05, 3.63) is 100 Å². The highest BCUT2D eigenvalue weighted by Gasteiger charge is 2.35. The number of nitrogens with zero attached hydrogens (tertiary/aromatic N) is 3. The van der Waals surface area contributed by atoms with E-state index >= 15 is 0 Å². The molecule has 1 amide bonds. The van der Waals surface area contributed by atoms with Gasteiger partial charge in [-0.05, 0) is 61.6 Å². The van der Waals surface area contributed by atoms with Gasteiger partial charge in [-0.3, -0.25) is 9.47 Å². The Kier molecular flexibility index (Phi) is 8.02. The number of rotatable bonds is 9. The van der Waals surface area contributed by atoms with Gasteiger partial charge in [-0.2, -0.15) is 0 Å². The van der Waals surface area contributed by atoms with Crippen molar-refractivity contribution in [3.8, 4) is 5.75 Å². The van der Waals surface area contributed by atoms with Gasteiger partial charge >= 0.3 is 11.8 Å². The number of H-pyrrole nitrogens is 1. The molecule has 1 fully saturated rings. The van der Waals surface area contributed by atoms with Crippen LogP contribution in [0.4, 0.5) is 4.79 Å². The first kappa shape index (κ1) is 26.6. The lowest BCUT2D eigenvalue weighted by Crippen LogP contribution is -2.49. The van der Waals surface area contributed by atoms with Crippen molar-refractivity contribution in [2.75, 3.05) is 13.7 Å². The highest BCUT2D eigenvalue weighted by atomic mass is 16.5. The fourth-order valence-corrected chi connectivity index (χ4v) is 5.91. The summed E-state index contributed by atoms with van der Waals surface area (Å²) >= 11 is 0. The Bertz CT molecular complexity index is 1460. The summed E-state index contributed by atoms with van der Waals surface area (Å²) in [6.07, 6.45) is 0.962. The van der Waals surface area contributed by atoms with Crippen molar-refractivity contribution in [1.82, 2.24) is 19.4 Å². The van der Waals surface area contributed by atoms with Gasteiger partial charge in [-0.15, -0.1) is 0 Å². The topological polar surface area (TPSA) is 90.8 Å². The van der Waals surface area contributed by atoms with Gasteiger partial charge in [-0.25, -0.2) is 9.59 Å². The maximum atomic E-state index is 12.9. The Hall–Kier alpha value is -4.04. The first-order valence-corrected chi connectivity index (χ1v) is 13.5. The summed E-state index contributed by atoms with van der Waals surface area (Å²) in [5, 5.41) is 10.1. The molecule has 8 heteroatoms. The monoisotopic (exact) mass is 528 g/mol. The first-order chi connectivity index (χ1) is 18.9. The molecule has 3 unspecified atom stereocenters. The number of para-hydroxylation sites is 2. The lowest BCUT2D eigenvalue weighted by molar-refractivity contribution is 0.0687. The van der Waals surface area contributed by atoms with Crippen LogP contribution in [0.15, 0.2) is 83.7 Å². The molecule has 0 radical (unpaired) electrons. The number of imidazole rings is 1. The van der Waals surface area contributed by atoms with Crippen LogP contribution in [0, 0.1) is 0 Å². The number of hydrogen-bond donors (Lipinski definition) is 2. The summed E-state index contributed by atoms with van der Waals surface area (Å²) in [7, 11) is 1.67. The standard InChI is InChI=1S/C31H36N4O4/c1-22(33(20-23-9-4-3-5-10-23)21-24-11-8-12-27(18-24)39-2)17-26-19-25(15-16-34(26)31(37)38)35-29-14-7-6-13-28(29)32-30(35)36/h3-14,18,22,25-26H,15-17,19-21H2,1-2H3,(H,32,36)(H,37,38). The maximum Gasteiger partial charge on any atom is 0.407 e. The molecule has 0 saturated carbocycles. The second-order valence-corrected chi connectivity index (χ2v) is 10.5. The number of carbonyl (C=O) groups is 1. The number of hydrogen-bond acceptors (Lipinski definition) is 4. The predicted molar refractivity (Wildman–Crippen MR) is 152 cm³/mol. The Morgan fingerprint density at radius 1 is 1.05 bits per heavy atom. The molecular formula is C31H36N4O4. The van der Waals surface area contributed by atoms with Crippen LogP contribution in [-0.4, -0.2) is 56.3 Å². The number of carboxylic acid groups (broad SMARTS) is 1. The molecule has 8 nitrogen and oxygen atoms in total. The molecule has 204 valence electrons. The molecule has 2 N–H and O–H groups in total. The zero-order valence-corrected chi connectivity index (χ0v) is 22.5. The third-order valence-electron chi connectivity index (χ3n) is 7.91. The number of amides is 1. The average molecular weight is 529 g/mol. The Morgan fingerprint density at radius 3 is 2.54 bits per heavy atom. The van der Waals surface area contributed by atoms with Gasteiger partial charge in [-0.1, -0.05) is 54.6 Å². The van der Waals surface area contributed by atoms with E-state index < -0.39 is 6.09 Å². The van der Waals surface area contributed by atoms with Gasteiger partial charge in [0, 0.05) is 37.8 Å². The molecule has 2 heterocycles.